The second kappa shape index (κ2) is 6.89. The summed E-state index contributed by atoms with van der Waals surface area (Å²) >= 11 is -1.95. The number of hydrogen-bond acceptors (Lipinski definition) is 7. The van der Waals surface area contributed by atoms with Crippen LogP contribution in [0.4, 0.5) is 0 Å². The molecule has 0 saturated heterocycles. The summed E-state index contributed by atoms with van der Waals surface area (Å²) in [7, 11) is -8.98. The number of allylic oxidation sites excluding steroid dienone is 1. The zero-order valence-electron chi connectivity index (χ0n) is 9.91. The molecule has 20 heavy (non-hydrogen) atoms. The summed E-state index contributed by atoms with van der Waals surface area (Å²) in [6.07, 6.45) is 3.07. The molecular weight excluding hydrogens is 336 g/mol. The largest absolute Gasteiger partial charge is 0.397 e. The maximum atomic E-state index is 11.4. The van der Waals surface area contributed by atoms with Crippen LogP contribution in [0.1, 0.15) is 6.42 Å². The topological polar surface area (TPSA) is 144 Å². The molecule has 0 aromatic rings. The third kappa shape index (κ3) is 6.69. The molecule has 12 heteroatoms. The summed E-state index contributed by atoms with van der Waals surface area (Å²) in [5, 5.41) is 0. The van der Waals surface area contributed by atoms with Crippen LogP contribution in [0.15, 0.2) is 23.1 Å². The molecule has 1 aliphatic rings. The highest BCUT2D eigenvalue weighted by Gasteiger charge is 2.20. The van der Waals surface area contributed by atoms with Crippen molar-refractivity contribution in [3.63, 3.8) is 0 Å². The Kier molecular flexibility index (Phi) is 6.00. The minimum absolute atomic E-state index is 0.240. The molecule has 0 aromatic carbocycles. The SMILES string of the molecule is O=S(CCOS(=O)(=O)O)OC1C=C(S(=O)(=O)O)C=CC1. The van der Waals surface area contributed by atoms with Crippen molar-refractivity contribution < 1.29 is 38.5 Å². The fourth-order valence-electron chi connectivity index (χ4n) is 1.26. The Morgan fingerprint density at radius 3 is 2.50 bits per heavy atom. The quantitative estimate of drug-likeness (QED) is 0.586. The molecule has 0 heterocycles. The van der Waals surface area contributed by atoms with Crippen LogP contribution in [-0.4, -0.2) is 48.6 Å². The van der Waals surface area contributed by atoms with E-state index in [4.69, 9.17) is 13.3 Å². The Morgan fingerprint density at radius 1 is 1.30 bits per heavy atom. The van der Waals surface area contributed by atoms with Gasteiger partial charge in [0, 0.05) is 0 Å². The summed E-state index contributed by atoms with van der Waals surface area (Å²) in [5.74, 6) is -0.338. The molecule has 1 aliphatic carbocycles. The van der Waals surface area contributed by atoms with Gasteiger partial charge in [0.2, 0.25) is 0 Å². The molecule has 2 atom stereocenters. The molecule has 0 bridgehead atoms. The fourth-order valence-corrected chi connectivity index (χ4v) is 2.97. The lowest BCUT2D eigenvalue weighted by Gasteiger charge is -2.15. The molecule has 0 aliphatic heterocycles. The van der Waals surface area contributed by atoms with E-state index in [2.05, 4.69) is 4.18 Å². The Morgan fingerprint density at radius 2 is 1.95 bits per heavy atom. The van der Waals surface area contributed by atoms with Crippen LogP contribution >= 0.6 is 0 Å². The third-order valence-corrected chi connectivity index (χ3v) is 4.31. The lowest BCUT2D eigenvalue weighted by molar-refractivity contribution is 0.264. The van der Waals surface area contributed by atoms with Crippen molar-refractivity contribution >= 4 is 31.6 Å². The van der Waals surface area contributed by atoms with Crippen molar-refractivity contribution in [3.8, 4) is 0 Å². The van der Waals surface area contributed by atoms with Gasteiger partial charge in [0.1, 0.15) is 0 Å². The van der Waals surface area contributed by atoms with Crippen molar-refractivity contribution in [1.29, 1.82) is 0 Å². The van der Waals surface area contributed by atoms with Gasteiger partial charge in [-0.05, 0) is 18.6 Å². The molecule has 0 radical (unpaired) electrons. The molecule has 9 nitrogen and oxygen atoms in total. The van der Waals surface area contributed by atoms with Crippen molar-refractivity contribution in [2.75, 3.05) is 12.4 Å². The standard InChI is InChI=1S/C8H12O9S3/c9-18(5-4-16-20(13,14)15)17-7-2-1-3-8(6-7)19(10,11)12/h1,3,6-7H,2,4-5H2,(H,10,11,12)(H,13,14,15). The van der Waals surface area contributed by atoms with E-state index in [1.807, 2.05) is 0 Å². The van der Waals surface area contributed by atoms with Crippen LogP contribution in [0.25, 0.3) is 0 Å². The van der Waals surface area contributed by atoms with E-state index in [0.29, 0.717) is 0 Å². The Balaban J connectivity index is 2.51. The van der Waals surface area contributed by atoms with Gasteiger partial charge in [-0.2, -0.15) is 16.8 Å². The minimum Gasteiger partial charge on any atom is -0.283 e. The molecule has 2 N–H and O–H groups in total. The highest BCUT2D eigenvalue weighted by atomic mass is 32.3. The first-order chi connectivity index (χ1) is 9.08. The second-order valence-electron chi connectivity index (χ2n) is 3.57. The number of rotatable bonds is 7. The lowest BCUT2D eigenvalue weighted by Crippen LogP contribution is -2.19. The first-order valence-corrected chi connectivity index (χ1v) is 9.16. The Labute approximate surface area is 118 Å². The summed E-state index contributed by atoms with van der Waals surface area (Å²) in [6, 6.07) is 0. The van der Waals surface area contributed by atoms with Gasteiger partial charge in [-0.3, -0.25) is 13.3 Å². The molecule has 1 rings (SSSR count). The average molecular weight is 348 g/mol. The van der Waals surface area contributed by atoms with Gasteiger partial charge in [-0.1, -0.05) is 6.08 Å². The van der Waals surface area contributed by atoms with Gasteiger partial charge >= 0.3 is 10.4 Å². The van der Waals surface area contributed by atoms with Crippen molar-refractivity contribution in [2.24, 2.45) is 0 Å². The molecule has 0 fully saturated rings. The highest BCUT2D eigenvalue weighted by Crippen LogP contribution is 2.18. The predicted octanol–water partition coefficient (Wildman–Crippen LogP) is -0.414. The summed E-state index contributed by atoms with van der Waals surface area (Å²) in [6.45, 7) is -0.553. The van der Waals surface area contributed by atoms with Crippen LogP contribution in [0.5, 0.6) is 0 Å². The Bertz CT molecular complexity index is 628. The monoisotopic (exact) mass is 348 g/mol. The fraction of sp³-hybridized carbons (Fsp3) is 0.500. The van der Waals surface area contributed by atoms with Gasteiger partial charge in [0.15, 0.2) is 11.1 Å². The van der Waals surface area contributed by atoms with Gasteiger partial charge < -0.3 is 0 Å². The molecule has 0 amide bonds. The van der Waals surface area contributed by atoms with E-state index in [-0.39, 0.29) is 17.1 Å². The normalized spacial score (nSPS) is 21.5. The smallest absolute Gasteiger partial charge is 0.283 e. The van der Waals surface area contributed by atoms with E-state index in [1.165, 1.54) is 12.2 Å². The van der Waals surface area contributed by atoms with Crippen LogP contribution in [0.3, 0.4) is 0 Å². The van der Waals surface area contributed by atoms with Gasteiger partial charge in [0.25, 0.3) is 10.1 Å². The first-order valence-electron chi connectivity index (χ1n) is 5.11. The van der Waals surface area contributed by atoms with Crippen LogP contribution in [-0.2, 0) is 40.0 Å². The van der Waals surface area contributed by atoms with Crippen LogP contribution in [0.2, 0.25) is 0 Å². The summed E-state index contributed by atoms with van der Waals surface area (Å²) < 4.78 is 79.7. The molecular formula is C8H12O9S3. The first kappa shape index (κ1) is 17.4. The second-order valence-corrected chi connectivity index (χ2v) is 7.30. The average Bonchev–Trinajstić information content (AvgIpc) is 2.26. The molecule has 0 spiro atoms. The Hall–Kier alpha value is -0.630. The van der Waals surface area contributed by atoms with E-state index < -0.39 is 44.3 Å². The summed E-state index contributed by atoms with van der Waals surface area (Å²) in [4.78, 5) is -0.375. The van der Waals surface area contributed by atoms with E-state index in [0.717, 1.165) is 6.08 Å². The lowest BCUT2D eigenvalue weighted by atomic mass is 10.1. The van der Waals surface area contributed by atoms with Crippen molar-refractivity contribution in [2.45, 2.75) is 12.5 Å². The molecule has 2 unspecified atom stereocenters. The van der Waals surface area contributed by atoms with Crippen LogP contribution in [0, 0.1) is 0 Å². The zero-order chi connectivity index (χ0) is 15.4. The van der Waals surface area contributed by atoms with Crippen LogP contribution < -0.4 is 0 Å². The van der Waals surface area contributed by atoms with E-state index in [9.17, 15) is 21.0 Å². The predicted molar refractivity (Wildman–Crippen MR) is 68.8 cm³/mol. The number of hydrogen-bond donors (Lipinski definition) is 2. The summed E-state index contributed by atoms with van der Waals surface area (Å²) in [5.41, 5.74) is 0. The zero-order valence-corrected chi connectivity index (χ0v) is 12.4. The van der Waals surface area contributed by atoms with Gasteiger partial charge in [0.05, 0.1) is 23.4 Å². The van der Waals surface area contributed by atoms with Crippen molar-refractivity contribution in [1.82, 2.24) is 0 Å². The highest BCUT2D eigenvalue weighted by molar-refractivity contribution is 7.90. The van der Waals surface area contributed by atoms with E-state index >= 15 is 0 Å². The molecule has 116 valence electrons. The molecule has 0 aromatic heterocycles. The third-order valence-electron chi connectivity index (χ3n) is 2.01. The van der Waals surface area contributed by atoms with Gasteiger partial charge in [-0.15, -0.1) is 0 Å². The maximum Gasteiger partial charge on any atom is 0.397 e. The van der Waals surface area contributed by atoms with Crippen molar-refractivity contribution in [3.05, 3.63) is 23.1 Å². The minimum atomic E-state index is -4.61. The molecule has 0 saturated carbocycles. The van der Waals surface area contributed by atoms with Gasteiger partial charge in [-0.25, -0.2) is 8.39 Å². The maximum absolute atomic E-state index is 11.4. The van der Waals surface area contributed by atoms with E-state index in [1.54, 1.807) is 0 Å².